The van der Waals surface area contributed by atoms with Gasteiger partial charge in [-0.2, -0.15) is 0 Å². The molecule has 0 unspecified atom stereocenters. The summed E-state index contributed by atoms with van der Waals surface area (Å²) in [5, 5.41) is 13.6. The Morgan fingerprint density at radius 1 is 1.71 bits per heavy atom. The van der Waals surface area contributed by atoms with Crippen molar-refractivity contribution in [3.63, 3.8) is 0 Å². The monoisotopic (exact) mass is 211 g/mol. The van der Waals surface area contributed by atoms with Crippen molar-refractivity contribution in [3.05, 3.63) is 28.0 Å². The van der Waals surface area contributed by atoms with E-state index in [1.165, 1.54) is 18.3 Å². The first-order valence-corrected chi connectivity index (χ1v) is 5.20. The summed E-state index contributed by atoms with van der Waals surface area (Å²) in [6, 6.07) is 1.94. The molecule has 0 aliphatic carbocycles. The Bertz CT molecular complexity index is 331. The summed E-state index contributed by atoms with van der Waals surface area (Å²) < 4.78 is 0. The highest BCUT2D eigenvalue weighted by Crippen LogP contribution is 2.17. The van der Waals surface area contributed by atoms with Crippen LogP contribution < -0.4 is 5.32 Å². The highest BCUT2D eigenvalue weighted by atomic mass is 32.1. The van der Waals surface area contributed by atoms with E-state index in [-0.39, 0.29) is 12.5 Å². The van der Waals surface area contributed by atoms with Gasteiger partial charge in [0.25, 0.3) is 0 Å². The zero-order chi connectivity index (χ0) is 10.4. The fourth-order valence-electron chi connectivity index (χ4n) is 1.02. The van der Waals surface area contributed by atoms with Crippen LogP contribution in [-0.4, -0.2) is 17.6 Å². The van der Waals surface area contributed by atoms with Crippen LogP contribution in [0.5, 0.6) is 0 Å². The topological polar surface area (TPSA) is 49.3 Å². The van der Waals surface area contributed by atoms with Gasteiger partial charge >= 0.3 is 0 Å². The van der Waals surface area contributed by atoms with Gasteiger partial charge in [-0.1, -0.05) is 12.2 Å². The number of hydrogen-bond acceptors (Lipinski definition) is 3. The third-order valence-corrected chi connectivity index (χ3v) is 2.61. The molecule has 0 saturated heterocycles. The molecule has 1 amide bonds. The van der Waals surface area contributed by atoms with Gasteiger partial charge in [-0.15, -0.1) is 11.3 Å². The van der Waals surface area contributed by atoms with Crippen LogP contribution in [0.4, 0.5) is 0 Å². The highest BCUT2D eigenvalue weighted by molar-refractivity contribution is 7.10. The molecule has 0 aromatic carbocycles. The van der Waals surface area contributed by atoms with E-state index in [2.05, 4.69) is 5.32 Å². The van der Waals surface area contributed by atoms with E-state index in [0.717, 1.165) is 10.4 Å². The Morgan fingerprint density at radius 3 is 3.14 bits per heavy atom. The number of nitrogens with one attached hydrogen (secondary N) is 1. The van der Waals surface area contributed by atoms with Crippen molar-refractivity contribution in [3.8, 4) is 0 Å². The van der Waals surface area contributed by atoms with Crippen molar-refractivity contribution in [2.45, 2.75) is 13.5 Å². The van der Waals surface area contributed by atoms with Crippen LogP contribution in [0.3, 0.4) is 0 Å². The summed E-state index contributed by atoms with van der Waals surface area (Å²) in [6.45, 7) is 2.07. The lowest BCUT2D eigenvalue weighted by Crippen LogP contribution is -2.19. The average molecular weight is 211 g/mol. The van der Waals surface area contributed by atoms with Gasteiger partial charge in [0.1, 0.15) is 0 Å². The van der Waals surface area contributed by atoms with Crippen molar-refractivity contribution in [1.29, 1.82) is 0 Å². The molecule has 2 N–H and O–H groups in total. The van der Waals surface area contributed by atoms with E-state index >= 15 is 0 Å². The number of carbonyl (C=O) groups excluding carboxylic acids is 1. The Hall–Kier alpha value is -1.13. The number of rotatable bonds is 4. The average Bonchev–Trinajstić information content (AvgIpc) is 2.59. The van der Waals surface area contributed by atoms with Crippen molar-refractivity contribution in [2.24, 2.45) is 0 Å². The quantitative estimate of drug-likeness (QED) is 0.790. The zero-order valence-corrected chi connectivity index (χ0v) is 8.80. The molecule has 1 aromatic heterocycles. The third-order valence-electron chi connectivity index (χ3n) is 1.69. The van der Waals surface area contributed by atoms with Crippen LogP contribution in [-0.2, 0) is 11.4 Å². The van der Waals surface area contributed by atoms with Crippen LogP contribution in [0, 0.1) is 0 Å². The standard InChI is InChI=1S/C10H13NO2S/c1-8(13)11-5-2-3-9-4-6-14-10(9)7-12/h2-4,6,12H,5,7H2,1H3,(H,11,13). The molecule has 0 aliphatic rings. The van der Waals surface area contributed by atoms with Gasteiger partial charge in [0, 0.05) is 18.3 Å². The second-order valence-electron chi connectivity index (χ2n) is 2.80. The SMILES string of the molecule is CC(=O)NCC=Cc1ccsc1CO. The highest BCUT2D eigenvalue weighted by Gasteiger charge is 1.97. The molecule has 3 nitrogen and oxygen atoms in total. The first-order valence-electron chi connectivity index (χ1n) is 4.32. The Kier molecular flexibility index (Phi) is 4.35. The molecule has 0 aliphatic heterocycles. The molecule has 0 spiro atoms. The first kappa shape index (κ1) is 10.9. The van der Waals surface area contributed by atoms with Gasteiger partial charge in [-0.05, 0) is 17.0 Å². The maximum atomic E-state index is 10.5. The maximum absolute atomic E-state index is 10.5. The normalized spacial score (nSPS) is 10.7. The van der Waals surface area contributed by atoms with Crippen LogP contribution in [0.2, 0.25) is 0 Å². The zero-order valence-electron chi connectivity index (χ0n) is 7.99. The van der Waals surface area contributed by atoms with E-state index in [1.54, 1.807) is 0 Å². The van der Waals surface area contributed by atoms with Gasteiger partial charge in [0.2, 0.25) is 5.91 Å². The number of thiophene rings is 1. The van der Waals surface area contributed by atoms with Crippen LogP contribution in [0.1, 0.15) is 17.4 Å². The molecule has 0 fully saturated rings. The summed E-state index contributed by atoms with van der Waals surface area (Å²) in [4.78, 5) is 11.5. The van der Waals surface area contributed by atoms with E-state index in [4.69, 9.17) is 5.11 Å². The van der Waals surface area contributed by atoms with Crippen molar-refractivity contribution < 1.29 is 9.90 Å². The predicted molar refractivity (Wildman–Crippen MR) is 58.0 cm³/mol. The van der Waals surface area contributed by atoms with Gasteiger partial charge in [-0.3, -0.25) is 4.79 Å². The van der Waals surface area contributed by atoms with E-state index < -0.39 is 0 Å². The molecule has 4 heteroatoms. The molecule has 0 radical (unpaired) electrons. The minimum absolute atomic E-state index is 0.0395. The summed E-state index contributed by atoms with van der Waals surface area (Å²) in [7, 11) is 0. The largest absolute Gasteiger partial charge is 0.391 e. The fraction of sp³-hybridized carbons (Fsp3) is 0.300. The van der Waals surface area contributed by atoms with Gasteiger partial charge in [0.15, 0.2) is 0 Å². The first-order chi connectivity index (χ1) is 6.74. The molecule has 14 heavy (non-hydrogen) atoms. The molecular formula is C10H13NO2S. The minimum atomic E-state index is -0.0395. The van der Waals surface area contributed by atoms with Crippen molar-refractivity contribution >= 4 is 23.3 Å². The number of amides is 1. The van der Waals surface area contributed by atoms with Gasteiger partial charge in [0.05, 0.1) is 6.61 Å². The molecule has 76 valence electrons. The predicted octanol–water partition coefficient (Wildman–Crippen LogP) is 1.39. The minimum Gasteiger partial charge on any atom is -0.391 e. The Morgan fingerprint density at radius 2 is 2.50 bits per heavy atom. The van der Waals surface area contributed by atoms with Crippen LogP contribution >= 0.6 is 11.3 Å². The molecule has 1 heterocycles. The third kappa shape index (κ3) is 3.32. The van der Waals surface area contributed by atoms with Gasteiger partial charge in [-0.25, -0.2) is 0 Å². The molecule has 0 atom stereocenters. The summed E-state index contributed by atoms with van der Waals surface area (Å²) in [6.07, 6.45) is 3.76. The lowest BCUT2D eigenvalue weighted by atomic mass is 10.2. The van der Waals surface area contributed by atoms with E-state index in [0.29, 0.717) is 6.54 Å². The van der Waals surface area contributed by atoms with E-state index in [1.807, 2.05) is 23.6 Å². The fourth-order valence-corrected chi connectivity index (χ4v) is 1.74. The Labute approximate surface area is 87.1 Å². The Balaban J connectivity index is 2.47. The van der Waals surface area contributed by atoms with E-state index in [9.17, 15) is 4.79 Å². The summed E-state index contributed by atoms with van der Waals surface area (Å²) >= 11 is 1.53. The molecule has 1 aromatic rings. The van der Waals surface area contributed by atoms with Crippen LogP contribution in [0.25, 0.3) is 6.08 Å². The second kappa shape index (κ2) is 5.57. The molecule has 0 bridgehead atoms. The lowest BCUT2D eigenvalue weighted by molar-refractivity contribution is -0.118. The smallest absolute Gasteiger partial charge is 0.217 e. The summed E-state index contributed by atoms with van der Waals surface area (Å²) in [5.41, 5.74) is 1.02. The number of aliphatic hydroxyl groups excluding tert-OH is 1. The second-order valence-corrected chi connectivity index (χ2v) is 3.80. The number of aliphatic hydroxyl groups is 1. The van der Waals surface area contributed by atoms with Crippen molar-refractivity contribution in [1.82, 2.24) is 5.32 Å². The van der Waals surface area contributed by atoms with Crippen molar-refractivity contribution in [2.75, 3.05) is 6.54 Å². The molecular weight excluding hydrogens is 198 g/mol. The van der Waals surface area contributed by atoms with Crippen LogP contribution in [0.15, 0.2) is 17.5 Å². The molecule has 0 saturated carbocycles. The molecule has 1 rings (SSSR count). The number of carbonyl (C=O) groups is 1. The van der Waals surface area contributed by atoms with Gasteiger partial charge < -0.3 is 10.4 Å². The maximum Gasteiger partial charge on any atom is 0.217 e. The lowest BCUT2D eigenvalue weighted by Gasteiger charge is -1.95. The summed E-state index contributed by atoms with van der Waals surface area (Å²) in [5.74, 6) is -0.0395. The number of hydrogen-bond donors (Lipinski definition) is 2.